The van der Waals surface area contributed by atoms with Crippen molar-refractivity contribution >= 4 is 21.9 Å². The van der Waals surface area contributed by atoms with Crippen molar-refractivity contribution in [2.75, 3.05) is 0 Å². The minimum atomic E-state index is -1.10. The van der Waals surface area contributed by atoms with Gasteiger partial charge in [-0.3, -0.25) is 0 Å². The lowest BCUT2D eigenvalue weighted by Crippen LogP contribution is -1.99. The van der Waals surface area contributed by atoms with Crippen LogP contribution >= 0.6 is 15.9 Å². The molecule has 22 heavy (non-hydrogen) atoms. The third-order valence-corrected chi connectivity index (χ3v) is 3.48. The van der Waals surface area contributed by atoms with Crippen LogP contribution < -0.4 is 0 Å². The van der Waals surface area contributed by atoms with E-state index in [9.17, 15) is 14.3 Å². The Hall–Kier alpha value is -2.54. The van der Waals surface area contributed by atoms with Gasteiger partial charge in [-0.1, -0.05) is 39.3 Å². The molecular formula is C15H8BrFN2O3. The minimum absolute atomic E-state index is 0.0137. The molecule has 1 N–H and O–H groups in total. The second-order valence-corrected chi connectivity index (χ2v) is 5.31. The van der Waals surface area contributed by atoms with E-state index >= 15 is 0 Å². The lowest BCUT2D eigenvalue weighted by Gasteiger charge is -2.00. The van der Waals surface area contributed by atoms with Crippen LogP contribution in [0.15, 0.2) is 51.5 Å². The van der Waals surface area contributed by atoms with Gasteiger partial charge in [-0.05, 0) is 24.3 Å². The zero-order valence-electron chi connectivity index (χ0n) is 11.0. The number of hydrogen-bond donors (Lipinski definition) is 1. The molecule has 5 nitrogen and oxygen atoms in total. The second kappa shape index (κ2) is 5.69. The van der Waals surface area contributed by atoms with E-state index in [0.717, 1.165) is 0 Å². The maximum Gasteiger partial charge on any atom is 0.336 e. The highest BCUT2D eigenvalue weighted by Crippen LogP contribution is 2.27. The molecule has 0 atom stereocenters. The molecule has 0 bridgehead atoms. The minimum Gasteiger partial charge on any atom is -0.478 e. The maximum absolute atomic E-state index is 13.9. The molecule has 3 rings (SSSR count). The Morgan fingerprint density at radius 1 is 1.18 bits per heavy atom. The quantitative estimate of drug-likeness (QED) is 0.761. The normalized spacial score (nSPS) is 10.6. The molecular weight excluding hydrogens is 355 g/mol. The van der Waals surface area contributed by atoms with E-state index in [1.54, 1.807) is 24.3 Å². The third kappa shape index (κ3) is 2.62. The van der Waals surface area contributed by atoms with Crippen LogP contribution in [0.5, 0.6) is 0 Å². The zero-order valence-corrected chi connectivity index (χ0v) is 12.5. The molecule has 110 valence electrons. The molecule has 0 aliphatic heterocycles. The number of carboxylic acids is 1. The van der Waals surface area contributed by atoms with E-state index in [4.69, 9.17) is 4.52 Å². The SMILES string of the molecule is O=C(O)c1ccccc1-c1noc(-c2ccc(Br)cc2F)n1. The summed E-state index contributed by atoms with van der Waals surface area (Å²) < 4.78 is 19.5. The summed E-state index contributed by atoms with van der Waals surface area (Å²) >= 11 is 3.16. The third-order valence-electron chi connectivity index (χ3n) is 2.99. The highest BCUT2D eigenvalue weighted by Gasteiger charge is 2.18. The summed E-state index contributed by atoms with van der Waals surface area (Å²) in [6.45, 7) is 0. The summed E-state index contributed by atoms with van der Waals surface area (Å²) in [5.74, 6) is -1.54. The molecule has 0 aliphatic carbocycles. The summed E-state index contributed by atoms with van der Waals surface area (Å²) in [6.07, 6.45) is 0. The van der Waals surface area contributed by atoms with Crippen molar-refractivity contribution in [3.05, 3.63) is 58.3 Å². The highest BCUT2D eigenvalue weighted by atomic mass is 79.9. The Bertz CT molecular complexity index is 863. The van der Waals surface area contributed by atoms with E-state index in [0.29, 0.717) is 10.0 Å². The number of hydrogen-bond acceptors (Lipinski definition) is 4. The Morgan fingerprint density at radius 3 is 2.68 bits per heavy atom. The van der Waals surface area contributed by atoms with E-state index in [1.165, 1.54) is 18.2 Å². The molecule has 0 saturated heterocycles. The number of benzene rings is 2. The average molecular weight is 363 g/mol. The standard InChI is InChI=1S/C15H8BrFN2O3/c16-8-5-6-11(12(17)7-8)14-18-13(19-22-14)9-3-1-2-4-10(9)15(20)21/h1-7H,(H,20,21). The smallest absolute Gasteiger partial charge is 0.336 e. The molecule has 7 heteroatoms. The van der Waals surface area contributed by atoms with Gasteiger partial charge >= 0.3 is 5.97 Å². The summed E-state index contributed by atoms with van der Waals surface area (Å²) in [5, 5.41) is 12.9. The van der Waals surface area contributed by atoms with Gasteiger partial charge in [-0.2, -0.15) is 4.98 Å². The molecule has 0 saturated carbocycles. The van der Waals surface area contributed by atoms with Gasteiger partial charge in [0.1, 0.15) is 5.82 Å². The first-order valence-electron chi connectivity index (χ1n) is 6.18. The van der Waals surface area contributed by atoms with Crippen LogP contribution in [0, 0.1) is 5.82 Å². The number of aromatic carboxylic acids is 1. The fourth-order valence-corrected chi connectivity index (χ4v) is 2.30. The highest BCUT2D eigenvalue weighted by molar-refractivity contribution is 9.10. The van der Waals surface area contributed by atoms with Crippen molar-refractivity contribution in [1.82, 2.24) is 10.1 Å². The van der Waals surface area contributed by atoms with Crippen molar-refractivity contribution in [3.63, 3.8) is 0 Å². The topological polar surface area (TPSA) is 76.2 Å². The Labute approximate surface area is 132 Å². The van der Waals surface area contributed by atoms with Gasteiger partial charge in [0.15, 0.2) is 0 Å². The molecule has 1 heterocycles. The van der Waals surface area contributed by atoms with Crippen molar-refractivity contribution in [2.24, 2.45) is 0 Å². The van der Waals surface area contributed by atoms with Crippen LogP contribution in [0.25, 0.3) is 22.8 Å². The van der Waals surface area contributed by atoms with Gasteiger partial charge in [0.25, 0.3) is 5.89 Å². The number of carbonyl (C=O) groups is 1. The fourth-order valence-electron chi connectivity index (χ4n) is 1.97. The maximum atomic E-state index is 13.9. The number of nitrogens with zero attached hydrogens (tertiary/aromatic N) is 2. The van der Waals surface area contributed by atoms with Gasteiger partial charge in [0.2, 0.25) is 5.82 Å². The van der Waals surface area contributed by atoms with Gasteiger partial charge in [-0.25, -0.2) is 9.18 Å². The van der Waals surface area contributed by atoms with Crippen molar-refractivity contribution < 1.29 is 18.8 Å². The molecule has 0 fully saturated rings. The molecule has 0 radical (unpaired) electrons. The van der Waals surface area contributed by atoms with Crippen LogP contribution in [0.1, 0.15) is 10.4 Å². The van der Waals surface area contributed by atoms with E-state index in [1.807, 2.05) is 0 Å². The Balaban J connectivity index is 2.07. The Morgan fingerprint density at radius 2 is 1.95 bits per heavy atom. The van der Waals surface area contributed by atoms with E-state index < -0.39 is 11.8 Å². The lowest BCUT2D eigenvalue weighted by atomic mass is 10.1. The molecule has 0 spiro atoms. The monoisotopic (exact) mass is 362 g/mol. The molecule has 0 aliphatic rings. The number of rotatable bonds is 3. The zero-order chi connectivity index (χ0) is 15.7. The first kappa shape index (κ1) is 14.4. The van der Waals surface area contributed by atoms with Gasteiger partial charge in [0.05, 0.1) is 11.1 Å². The molecule has 0 amide bonds. The fraction of sp³-hybridized carbons (Fsp3) is 0. The molecule has 3 aromatic rings. The average Bonchev–Trinajstić information content (AvgIpc) is 2.96. The van der Waals surface area contributed by atoms with Crippen LogP contribution in [0.4, 0.5) is 4.39 Å². The van der Waals surface area contributed by atoms with Crippen molar-refractivity contribution in [2.45, 2.75) is 0 Å². The van der Waals surface area contributed by atoms with Crippen LogP contribution in [-0.2, 0) is 0 Å². The summed E-state index contributed by atoms with van der Waals surface area (Å²) in [4.78, 5) is 15.3. The van der Waals surface area contributed by atoms with Crippen LogP contribution in [0.2, 0.25) is 0 Å². The largest absolute Gasteiger partial charge is 0.478 e. The summed E-state index contributed by atoms with van der Waals surface area (Å²) in [5.41, 5.74) is 0.503. The van der Waals surface area contributed by atoms with E-state index in [-0.39, 0.29) is 22.8 Å². The molecule has 2 aromatic carbocycles. The van der Waals surface area contributed by atoms with Crippen LogP contribution in [-0.4, -0.2) is 21.2 Å². The predicted molar refractivity (Wildman–Crippen MR) is 79.8 cm³/mol. The first-order valence-corrected chi connectivity index (χ1v) is 6.97. The van der Waals surface area contributed by atoms with Crippen LogP contribution in [0.3, 0.4) is 0 Å². The Kier molecular flexibility index (Phi) is 3.72. The molecule has 1 aromatic heterocycles. The number of aromatic nitrogens is 2. The number of carboxylic acid groups (broad SMARTS) is 1. The summed E-state index contributed by atoms with van der Waals surface area (Å²) in [7, 11) is 0. The number of halogens is 2. The summed E-state index contributed by atoms with van der Waals surface area (Å²) in [6, 6.07) is 10.7. The van der Waals surface area contributed by atoms with Crippen molar-refractivity contribution in [3.8, 4) is 22.8 Å². The van der Waals surface area contributed by atoms with E-state index in [2.05, 4.69) is 26.1 Å². The van der Waals surface area contributed by atoms with Crippen molar-refractivity contribution in [1.29, 1.82) is 0 Å². The van der Waals surface area contributed by atoms with Gasteiger partial charge in [-0.15, -0.1) is 0 Å². The predicted octanol–water partition coefficient (Wildman–Crippen LogP) is 4.00. The van der Waals surface area contributed by atoms with Gasteiger partial charge < -0.3 is 9.63 Å². The lowest BCUT2D eigenvalue weighted by molar-refractivity contribution is 0.0697. The first-order chi connectivity index (χ1) is 10.6. The van der Waals surface area contributed by atoms with Gasteiger partial charge in [0, 0.05) is 10.0 Å². The molecule has 0 unspecified atom stereocenters. The second-order valence-electron chi connectivity index (χ2n) is 4.40.